The quantitative estimate of drug-likeness (QED) is 0.673. The standard InChI is InChI=1S/C23H28FN3/c1-16(2)27-22(14-15-25-27)21-7-5-6-20(17-8-12-19(24)13-9-17)26(21)23(3,4)18-10-11-18/h5-9,12-16,18,20H,10-11H2,1-4H3. The van der Waals surface area contributed by atoms with E-state index in [4.69, 9.17) is 0 Å². The Bertz CT molecular complexity index is 869. The third kappa shape index (κ3) is 3.22. The van der Waals surface area contributed by atoms with Gasteiger partial charge in [-0.3, -0.25) is 4.68 Å². The largest absolute Gasteiger partial charge is 0.354 e. The monoisotopic (exact) mass is 365 g/mol. The molecule has 1 aliphatic heterocycles. The summed E-state index contributed by atoms with van der Waals surface area (Å²) in [5.74, 6) is 0.478. The molecule has 142 valence electrons. The van der Waals surface area contributed by atoms with Gasteiger partial charge in [0.2, 0.25) is 0 Å². The lowest BCUT2D eigenvalue weighted by Gasteiger charge is -2.48. The van der Waals surface area contributed by atoms with Gasteiger partial charge in [0.25, 0.3) is 0 Å². The molecule has 0 N–H and O–H groups in total. The van der Waals surface area contributed by atoms with E-state index in [0.717, 1.165) is 11.3 Å². The fourth-order valence-corrected chi connectivity index (χ4v) is 4.28. The van der Waals surface area contributed by atoms with Crippen molar-refractivity contribution in [2.45, 2.75) is 58.2 Å². The first kappa shape index (κ1) is 18.0. The smallest absolute Gasteiger partial charge is 0.123 e. The van der Waals surface area contributed by atoms with Crippen LogP contribution < -0.4 is 0 Å². The van der Waals surface area contributed by atoms with Gasteiger partial charge in [0.15, 0.2) is 0 Å². The number of allylic oxidation sites excluding steroid dienone is 2. The van der Waals surface area contributed by atoms with E-state index in [1.165, 1.54) is 18.5 Å². The van der Waals surface area contributed by atoms with Crippen LogP contribution in [0.2, 0.25) is 0 Å². The lowest BCUT2D eigenvalue weighted by molar-refractivity contribution is 0.139. The third-order valence-corrected chi connectivity index (χ3v) is 5.92. The van der Waals surface area contributed by atoms with Crippen molar-refractivity contribution in [2.75, 3.05) is 0 Å². The van der Waals surface area contributed by atoms with Gasteiger partial charge >= 0.3 is 0 Å². The van der Waals surface area contributed by atoms with E-state index in [1.54, 1.807) is 12.1 Å². The Kier molecular flexibility index (Phi) is 4.45. The van der Waals surface area contributed by atoms with Crippen LogP contribution in [0.4, 0.5) is 4.39 Å². The molecule has 0 amide bonds. The second-order valence-corrected chi connectivity index (χ2v) is 8.49. The average Bonchev–Trinajstić information content (AvgIpc) is 3.39. The van der Waals surface area contributed by atoms with Crippen molar-refractivity contribution in [3.63, 3.8) is 0 Å². The van der Waals surface area contributed by atoms with Gasteiger partial charge in [0.05, 0.1) is 17.4 Å². The van der Waals surface area contributed by atoms with Gasteiger partial charge in [-0.25, -0.2) is 4.39 Å². The number of hydrogen-bond donors (Lipinski definition) is 0. The minimum absolute atomic E-state index is 0.00171. The van der Waals surface area contributed by atoms with E-state index >= 15 is 0 Å². The summed E-state index contributed by atoms with van der Waals surface area (Å²) in [6.45, 7) is 8.99. The number of nitrogens with zero attached hydrogens (tertiary/aromatic N) is 3. The summed E-state index contributed by atoms with van der Waals surface area (Å²) >= 11 is 0. The van der Waals surface area contributed by atoms with Crippen molar-refractivity contribution in [3.05, 3.63) is 71.8 Å². The minimum Gasteiger partial charge on any atom is -0.354 e. The first-order valence-corrected chi connectivity index (χ1v) is 9.86. The van der Waals surface area contributed by atoms with Gasteiger partial charge in [-0.2, -0.15) is 5.10 Å². The molecule has 2 aromatic rings. The zero-order valence-corrected chi connectivity index (χ0v) is 16.6. The predicted molar refractivity (Wildman–Crippen MR) is 108 cm³/mol. The zero-order chi connectivity index (χ0) is 19.2. The molecule has 4 rings (SSSR count). The van der Waals surface area contributed by atoms with E-state index in [2.05, 4.69) is 66.7 Å². The summed E-state index contributed by atoms with van der Waals surface area (Å²) in [7, 11) is 0. The van der Waals surface area contributed by atoms with Crippen molar-refractivity contribution >= 4 is 5.70 Å². The highest BCUT2D eigenvalue weighted by molar-refractivity contribution is 5.66. The maximum Gasteiger partial charge on any atom is 0.123 e. The van der Waals surface area contributed by atoms with E-state index in [1.807, 2.05) is 18.3 Å². The van der Waals surface area contributed by atoms with Gasteiger partial charge in [-0.1, -0.05) is 24.3 Å². The van der Waals surface area contributed by atoms with Crippen LogP contribution >= 0.6 is 0 Å². The molecule has 1 unspecified atom stereocenters. The van der Waals surface area contributed by atoms with Crippen molar-refractivity contribution in [1.82, 2.24) is 14.7 Å². The molecule has 0 radical (unpaired) electrons. The van der Waals surface area contributed by atoms with Crippen molar-refractivity contribution < 1.29 is 4.39 Å². The van der Waals surface area contributed by atoms with Gasteiger partial charge in [-0.05, 0) is 76.3 Å². The molecule has 1 fully saturated rings. The average molecular weight is 365 g/mol. The van der Waals surface area contributed by atoms with Gasteiger partial charge in [0, 0.05) is 17.8 Å². The maximum absolute atomic E-state index is 13.5. The Balaban J connectivity index is 1.82. The van der Waals surface area contributed by atoms with E-state index in [9.17, 15) is 4.39 Å². The van der Waals surface area contributed by atoms with Crippen molar-refractivity contribution in [1.29, 1.82) is 0 Å². The van der Waals surface area contributed by atoms with Crippen LogP contribution in [0.1, 0.15) is 63.9 Å². The first-order valence-electron chi connectivity index (χ1n) is 9.86. The number of hydrogen-bond acceptors (Lipinski definition) is 2. The molecule has 2 heterocycles. The normalized spacial score (nSPS) is 20.3. The highest BCUT2D eigenvalue weighted by Crippen LogP contribution is 2.50. The summed E-state index contributed by atoms with van der Waals surface area (Å²) in [5.41, 5.74) is 3.44. The van der Waals surface area contributed by atoms with Crippen LogP contribution in [0.15, 0.2) is 54.8 Å². The number of rotatable bonds is 5. The molecule has 1 atom stereocenters. The molecule has 1 saturated carbocycles. The second kappa shape index (κ2) is 6.66. The summed E-state index contributed by atoms with van der Waals surface area (Å²) in [4.78, 5) is 2.52. The van der Waals surface area contributed by atoms with Crippen LogP contribution in [-0.2, 0) is 0 Å². The lowest BCUT2D eigenvalue weighted by atomic mass is 9.88. The summed E-state index contributed by atoms with van der Waals surface area (Å²) < 4.78 is 15.6. The van der Waals surface area contributed by atoms with Crippen LogP contribution in [0.5, 0.6) is 0 Å². The molecule has 3 nitrogen and oxygen atoms in total. The molecular weight excluding hydrogens is 337 g/mol. The summed E-state index contributed by atoms with van der Waals surface area (Å²) in [5, 5.41) is 4.55. The Labute approximate surface area is 161 Å². The maximum atomic E-state index is 13.5. The number of halogens is 1. The van der Waals surface area contributed by atoms with Gasteiger partial charge < -0.3 is 4.90 Å². The molecule has 1 aliphatic carbocycles. The molecule has 0 bridgehead atoms. The third-order valence-electron chi connectivity index (χ3n) is 5.92. The van der Waals surface area contributed by atoms with Crippen LogP contribution in [0.25, 0.3) is 5.70 Å². The van der Waals surface area contributed by atoms with Crippen LogP contribution in [0.3, 0.4) is 0 Å². The fraction of sp³-hybridized carbons (Fsp3) is 0.435. The molecule has 1 aromatic carbocycles. The van der Waals surface area contributed by atoms with E-state index < -0.39 is 0 Å². The molecular formula is C23H28FN3. The highest BCUT2D eigenvalue weighted by atomic mass is 19.1. The van der Waals surface area contributed by atoms with Crippen molar-refractivity contribution in [3.8, 4) is 0 Å². The Morgan fingerprint density at radius 2 is 1.81 bits per heavy atom. The molecule has 1 aromatic heterocycles. The van der Waals surface area contributed by atoms with Crippen LogP contribution in [0, 0.1) is 11.7 Å². The predicted octanol–water partition coefficient (Wildman–Crippen LogP) is 5.75. The van der Waals surface area contributed by atoms with Gasteiger partial charge in [-0.15, -0.1) is 0 Å². The van der Waals surface area contributed by atoms with E-state index in [0.29, 0.717) is 5.92 Å². The first-order chi connectivity index (χ1) is 12.9. The van der Waals surface area contributed by atoms with E-state index in [-0.39, 0.29) is 23.4 Å². The molecule has 27 heavy (non-hydrogen) atoms. The number of aromatic nitrogens is 2. The zero-order valence-electron chi connectivity index (χ0n) is 16.6. The summed E-state index contributed by atoms with van der Waals surface area (Å²) in [6, 6.07) is 9.40. The fourth-order valence-electron chi connectivity index (χ4n) is 4.28. The lowest BCUT2D eigenvalue weighted by Crippen LogP contribution is -2.47. The minimum atomic E-state index is -0.194. The van der Waals surface area contributed by atoms with Crippen LogP contribution in [-0.4, -0.2) is 20.2 Å². The molecule has 0 saturated heterocycles. The topological polar surface area (TPSA) is 21.1 Å². The number of benzene rings is 1. The van der Waals surface area contributed by atoms with Crippen molar-refractivity contribution in [2.24, 2.45) is 5.92 Å². The molecule has 0 spiro atoms. The molecule has 2 aliphatic rings. The van der Waals surface area contributed by atoms with Gasteiger partial charge in [0.1, 0.15) is 5.82 Å². The summed E-state index contributed by atoms with van der Waals surface area (Å²) in [6.07, 6.45) is 10.9. The Morgan fingerprint density at radius 3 is 2.44 bits per heavy atom. The second-order valence-electron chi connectivity index (χ2n) is 8.49. The Morgan fingerprint density at radius 1 is 1.11 bits per heavy atom. The SMILES string of the molecule is CC(C)n1nccc1C1=CC=CC(c2ccc(F)cc2)N1C(C)(C)C1CC1. The Hall–Kier alpha value is -2.36. The highest BCUT2D eigenvalue weighted by Gasteiger charge is 2.46. The molecule has 4 heteroatoms.